The van der Waals surface area contributed by atoms with E-state index in [9.17, 15) is 14.7 Å². The number of aliphatic hydroxyl groups is 1. The lowest BCUT2D eigenvalue weighted by Crippen LogP contribution is -2.41. The van der Waals surface area contributed by atoms with E-state index in [1.54, 1.807) is 21.9 Å². The van der Waals surface area contributed by atoms with Crippen molar-refractivity contribution in [3.63, 3.8) is 0 Å². The van der Waals surface area contributed by atoms with Gasteiger partial charge in [-0.15, -0.1) is 11.3 Å². The van der Waals surface area contributed by atoms with Crippen molar-refractivity contribution in [2.75, 3.05) is 49.3 Å². The summed E-state index contributed by atoms with van der Waals surface area (Å²) in [4.78, 5) is 28.5. The average molecular weight is 508 g/mol. The molecule has 2 aromatic rings. The van der Waals surface area contributed by atoms with Crippen LogP contribution >= 0.6 is 22.9 Å². The molecule has 0 radical (unpaired) electrons. The fourth-order valence-corrected chi connectivity index (χ4v) is 4.92. The third-order valence-electron chi connectivity index (χ3n) is 5.99. The van der Waals surface area contributed by atoms with Crippen LogP contribution in [0.4, 0.5) is 11.4 Å². The molecule has 34 heavy (non-hydrogen) atoms. The molecule has 2 unspecified atom stereocenters. The predicted octanol–water partition coefficient (Wildman–Crippen LogP) is 2.46. The molecular formula is C23H26ClN3O6S. The number of hydrogen-bond donors (Lipinski definition) is 2. The van der Waals surface area contributed by atoms with E-state index in [1.165, 1.54) is 11.3 Å². The fourth-order valence-electron chi connectivity index (χ4n) is 3.96. The number of nitrogens with zero attached hydrogens (tertiary/aromatic N) is 2. The molecular weight excluding hydrogens is 482 g/mol. The van der Waals surface area contributed by atoms with Crippen LogP contribution in [0.1, 0.15) is 22.5 Å². The molecule has 2 aliphatic heterocycles. The lowest BCUT2D eigenvalue weighted by atomic mass is 10.2. The number of halogens is 1. The molecule has 3 fully saturated rings. The summed E-state index contributed by atoms with van der Waals surface area (Å²) in [5, 5.41) is 13.4. The number of morpholine rings is 1. The first kappa shape index (κ1) is 23.4. The summed E-state index contributed by atoms with van der Waals surface area (Å²) in [7, 11) is 0. The zero-order valence-electron chi connectivity index (χ0n) is 18.4. The Bertz CT molecular complexity index is 1060. The van der Waals surface area contributed by atoms with Gasteiger partial charge in [-0.3, -0.25) is 9.59 Å². The van der Waals surface area contributed by atoms with Gasteiger partial charge in [0.1, 0.15) is 12.4 Å². The maximum absolute atomic E-state index is 12.3. The van der Waals surface area contributed by atoms with Gasteiger partial charge >= 0.3 is 0 Å². The van der Waals surface area contributed by atoms with Crippen molar-refractivity contribution in [3.8, 4) is 5.75 Å². The van der Waals surface area contributed by atoms with Gasteiger partial charge in [-0.2, -0.15) is 0 Å². The Kier molecular flexibility index (Phi) is 6.94. The molecule has 2 atom stereocenters. The topological polar surface area (TPSA) is 101 Å². The van der Waals surface area contributed by atoms with E-state index >= 15 is 0 Å². The second kappa shape index (κ2) is 10.1. The van der Waals surface area contributed by atoms with Crippen molar-refractivity contribution in [3.05, 3.63) is 39.5 Å². The van der Waals surface area contributed by atoms with Crippen LogP contribution < -0.4 is 19.9 Å². The SMILES string of the molecule is O=C(NCC1CN(c2ccc(N3CCOCC3=O)cc2OCC2CC2)C(O)O1)c1ccc(Cl)s1. The number of carbonyl (C=O) groups excluding carboxylic acids is 2. The van der Waals surface area contributed by atoms with E-state index < -0.39 is 12.5 Å². The number of thiophene rings is 1. The van der Waals surface area contributed by atoms with Crippen molar-refractivity contribution < 1.29 is 28.9 Å². The van der Waals surface area contributed by atoms with Gasteiger partial charge in [0.05, 0.1) is 40.8 Å². The van der Waals surface area contributed by atoms with Gasteiger partial charge in [0, 0.05) is 24.8 Å². The zero-order chi connectivity index (χ0) is 23.7. The van der Waals surface area contributed by atoms with E-state index in [0.717, 1.165) is 18.5 Å². The van der Waals surface area contributed by atoms with Gasteiger partial charge in [0.25, 0.3) is 11.8 Å². The molecule has 1 saturated carbocycles. The van der Waals surface area contributed by atoms with Crippen LogP contribution in [0, 0.1) is 5.92 Å². The van der Waals surface area contributed by atoms with Gasteiger partial charge in [0.15, 0.2) is 0 Å². The van der Waals surface area contributed by atoms with Crippen molar-refractivity contribution in [1.82, 2.24) is 5.32 Å². The number of ether oxygens (including phenoxy) is 3. The smallest absolute Gasteiger partial charge is 0.261 e. The largest absolute Gasteiger partial charge is 0.491 e. The summed E-state index contributed by atoms with van der Waals surface area (Å²) in [6.07, 6.45) is 0.691. The average Bonchev–Trinajstić information content (AvgIpc) is 3.45. The molecule has 182 valence electrons. The number of hydrogen-bond acceptors (Lipinski definition) is 8. The van der Waals surface area contributed by atoms with Crippen LogP contribution in [0.25, 0.3) is 0 Å². The van der Waals surface area contributed by atoms with Gasteiger partial charge < -0.3 is 34.4 Å². The van der Waals surface area contributed by atoms with Crippen molar-refractivity contribution in [1.29, 1.82) is 0 Å². The van der Waals surface area contributed by atoms with Gasteiger partial charge in [-0.05, 0) is 43.0 Å². The first-order chi connectivity index (χ1) is 16.5. The first-order valence-corrected chi connectivity index (χ1v) is 12.5. The summed E-state index contributed by atoms with van der Waals surface area (Å²) < 4.78 is 17.6. The maximum atomic E-state index is 12.3. The predicted molar refractivity (Wildman–Crippen MR) is 128 cm³/mol. The molecule has 5 rings (SSSR count). The van der Waals surface area contributed by atoms with Gasteiger partial charge in [-0.1, -0.05) is 11.6 Å². The minimum absolute atomic E-state index is 0.0593. The second-order valence-electron chi connectivity index (χ2n) is 8.55. The molecule has 0 bridgehead atoms. The van der Waals surface area contributed by atoms with Gasteiger partial charge in [-0.25, -0.2) is 0 Å². The molecule has 3 heterocycles. The maximum Gasteiger partial charge on any atom is 0.261 e. The molecule has 2 saturated heterocycles. The van der Waals surface area contributed by atoms with Crippen molar-refractivity contribution in [2.45, 2.75) is 25.4 Å². The minimum Gasteiger partial charge on any atom is -0.491 e. The standard InChI is InChI=1S/C23H26ClN3O6S/c24-20-6-5-19(34-20)22(29)25-10-16-11-27(23(30)33-16)17-4-3-15(26-7-8-31-13-21(26)28)9-18(17)32-12-14-1-2-14/h3-6,9,14,16,23,30H,1-2,7-8,10-13H2,(H,25,29). The molecule has 1 aromatic carbocycles. The molecule has 9 nitrogen and oxygen atoms in total. The number of anilines is 2. The molecule has 2 N–H and O–H groups in total. The molecule has 3 aliphatic rings. The number of aliphatic hydroxyl groups excluding tert-OH is 1. The molecule has 1 aliphatic carbocycles. The van der Waals surface area contributed by atoms with Crippen LogP contribution in [0.3, 0.4) is 0 Å². The van der Waals surface area contributed by atoms with E-state index in [-0.39, 0.29) is 25.0 Å². The Morgan fingerprint density at radius 1 is 1.29 bits per heavy atom. The minimum atomic E-state index is -1.18. The number of carbonyl (C=O) groups is 2. The van der Waals surface area contributed by atoms with E-state index in [4.69, 9.17) is 25.8 Å². The van der Waals surface area contributed by atoms with Crippen LogP contribution in [-0.4, -0.2) is 68.9 Å². The molecule has 0 spiro atoms. The van der Waals surface area contributed by atoms with Crippen LogP contribution in [0.5, 0.6) is 5.75 Å². The second-order valence-corrected chi connectivity index (χ2v) is 10.3. The highest BCUT2D eigenvalue weighted by Crippen LogP contribution is 2.38. The summed E-state index contributed by atoms with van der Waals surface area (Å²) in [5.74, 6) is 0.792. The summed E-state index contributed by atoms with van der Waals surface area (Å²) in [6.45, 7) is 2.20. The summed E-state index contributed by atoms with van der Waals surface area (Å²) in [5.41, 5.74) is 1.41. The molecule has 2 amide bonds. The van der Waals surface area contributed by atoms with Crippen molar-refractivity contribution >= 4 is 46.1 Å². The molecule has 1 aromatic heterocycles. The Balaban J connectivity index is 1.29. The number of rotatable bonds is 8. The normalized spacial score (nSPS) is 22.8. The monoisotopic (exact) mass is 507 g/mol. The quantitative estimate of drug-likeness (QED) is 0.566. The Hall–Kier alpha value is -2.37. The highest BCUT2D eigenvalue weighted by Gasteiger charge is 2.34. The van der Waals surface area contributed by atoms with Crippen LogP contribution in [0.2, 0.25) is 4.34 Å². The number of benzene rings is 1. The Labute approximate surface area is 206 Å². The van der Waals surface area contributed by atoms with Gasteiger partial charge in [0.2, 0.25) is 6.41 Å². The lowest BCUT2D eigenvalue weighted by Gasteiger charge is -2.29. The fraction of sp³-hybridized carbons (Fsp3) is 0.478. The van der Waals surface area contributed by atoms with Crippen LogP contribution in [0.15, 0.2) is 30.3 Å². The lowest BCUT2D eigenvalue weighted by molar-refractivity contribution is -0.125. The number of amides is 2. The zero-order valence-corrected chi connectivity index (χ0v) is 20.0. The highest BCUT2D eigenvalue weighted by atomic mass is 35.5. The highest BCUT2D eigenvalue weighted by molar-refractivity contribution is 7.18. The number of nitrogens with one attached hydrogen (secondary N) is 1. The Morgan fingerprint density at radius 3 is 2.88 bits per heavy atom. The van der Waals surface area contributed by atoms with E-state index in [2.05, 4.69) is 5.32 Å². The van der Waals surface area contributed by atoms with E-state index in [0.29, 0.717) is 52.9 Å². The summed E-state index contributed by atoms with van der Waals surface area (Å²) >= 11 is 7.11. The third-order valence-corrected chi connectivity index (χ3v) is 7.22. The van der Waals surface area contributed by atoms with Crippen molar-refractivity contribution in [2.24, 2.45) is 5.92 Å². The van der Waals surface area contributed by atoms with Crippen LogP contribution in [-0.2, 0) is 14.3 Å². The first-order valence-electron chi connectivity index (χ1n) is 11.3. The van der Waals surface area contributed by atoms with E-state index in [1.807, 2.05) is 18.2 Å². The molecule has 11 heteroatoms. The summed E-state index contributed by atoms with van der Waals surface area (Å²) in [6, 6.07) is 8.86. The third kappa shape index (κ3) is 5.31. The Morgan fingerprint density at radius 2 is 2.15 bits per heavy atom.